The molecule has 5 aromatic rings. The highest BCUT2D eigenvalue weighted by atomic mass is 19.3. The molecule has 1 unspecified atom stereocenters. The van der Waals surface area contributed by atoms with Gasteiger partial charge in [-0.05, 0) is 57.5 Å². The first-order valence-corrected chi connectivity index (χ1v) is 18.4. The van der Waals surface area contributed by atoms with Crippen LogP contribution in [-0.2, 0) is 22.2 Å². The molecule has 6 heterocycles. The molecule has 3 aromatic heterocycles. The molecule has 2 fully saturated rings. The standard InChI is InChI=1S/C39H35F5N10O4/c1-19(2)53-20(3)47-34-25(40)14-22(15-28(34)53)33-26(41)17-46-38(50-33)48-29-8-5-23(16-45-29)39(43,44)52-12-10-51(11-13-52)18-21-4-6-24-31(32(21)42)37(58)54(36(24)57)27-7-9-30(55)49-35(27)56/h4-6,8,14-17,19,27H,7,9-13,18H2,1-3H3,(H,49,55,56)(H,45,46,48,50). The van der Waals surface area contributed by atoms with Crippen molar-refractivity contribution in [2.45, 2.75) is 58.3 Å². The van der Waals surface area contributed by atoms with Gasteiger partial charge < -0.3 is 9.88 Å². The van der Waals surface area contributed by atoms with Gasteiger partial charge in [0, 0.05) is 62.5 Å². The number of aryl methyl sites for hydroxylation is 1. The highest BCUT2D eigenvalue weighted by Gasteiger charge is 2.47. The van der Waals surface area contributed by atoms with Gasteiger partial charge in [-0.1, -0.05) is 6.07 Å². The fraction of sp³-hybridized carbons (Fsp3) is 0.333. The van der Waals surface area contributed by atoms with Crippen LogP contribution in [0.2, 0.25) is 0 Å². The third-order valence-electron chi connectivity index (χ3n) is 10.6. The molecule has 14 nitrogen and oxygen atoms in total. The number of nitrogens with one attached hydrogen (secondary N) is 2. The van der Waals surface area contributed by atoms with E-state index in [0.29, 0.717) is 16.2 Å². The molecule has 3 aliphatic heterocycles. The first-order chi connectivity index (χ1) is 27.6. The summed E-state index contributed by atoms with van der Waals surface area (Å²) < 4.78 is 79.2. The molecule has 300 valence electrons. The second-order valence-corrected chi connectivity index (χ2v) is 14.6. The zero-order valence-corrected chi connectivity index (χ0v) is 31.3. The van der Waals surface area contributed by atoms with E-state index in [1.807, 2.05) is 18.4 Å². The number of alkyl halides is 2. The van der Waals surface area contributed by atoms with Gasteiger partial charge in [-0.25, -0.2) is 38.0 Å². The Morgan fingerprint density at radius 3 is 2.36 bits per heavy atom. The molecule has 2 N–H and O–H groups in total. The second kappa shape index (κ2) is 14.6. The van der Waals surface area contributed by atoms with Crippen molar-refractivity contribution in [3.63, 3.8) is 0 Å². The van der Waals surface area contributed by atoms with E-state index in [9.17, 15) is 19.2 Å². The Morgan fingerprint density at radius 2 is 1.67 bits per heavy atom. The number of hydrogen-bond donors (Lipinski definition) is 2. The SMILES string of the molecule is Cc1nc2c(F)cc(-c3nc(Nc4ccc(C(F)(F)N5CCN(Cc6ccc7c(c6F)C(=O)N(C6CCC(=O)NC6=O)C7=O)CC5)cn4)ncc3F)cc2n1C(C)C. The van der Waals surface area contributed by atoms with E-state index in [1.54, 1.807) is 17.9 Å². The third kappa shape index (κ3) is 6.72. The molecule has 0 saturated carbocycles. The number of piperidine rings is 1. The van der Waals surface area contributed by atoms with E-state index in [2.05, 4.69) is 30.6 Å². The van der Waals surface area contributed by atoms with Gasteiger partial charge in [0.2, 0.25) is 17.8 Å². The summed E-state index contributed by atoms with van der Waals surface area (Å²) in [6.07, 6.45) is 1.76. The van der Waals surface area contributed by atoms with Crippen LogP contribution in [0.25, 0.3) is 22.3 Å². The molecule has 0 spiro atoms. The number of aromatic nitrogens is 5. The number of rotatable bonds is 9. The maximum atomic E-state index is 15.8. The monoisotopic (exact) mass is 802 g/mol. The summed E-state index contributed by atoms with van der Waals surface area (Å²) in [6, 6.07) is 3.16. The Hall–Kier alpha value is -6.21. The zero-order chi connectivity index (χ0) is 41.2. The summed E-state index contributed by atoms with van der Waals surface area (Å²) in [5.74, 6) is -4.94. The highest BCUT2D eigenvalue weighted by molar-refractivity contribution is 6.23. The number of imide groups is 2. The van der Waals surface area contributed by atoms with Crippen molar-refractivity contribution in [1.29, 1.82) is 0 Å². The Morgan fingerprint density at radius 1 is 0.914 bits per heavy atom. The number of nitrogens with zero attached hydrogens (tertiary/aromatic N) is 8. The van der Waals surface area contributed by atoms with Crippen LogP contribution in [-0.4, -0.2) is 95.1 Å². The molecule has 4 amide bonds. The first-order valence-electron chi connectivity index (χ1n) is 18.4. The minimum atomic E-state index is -3.44. The van der Waals surface area contributed by atoms with Crippen molar-refractivity contribution in [1.82, 2.24) is 44.5 Å². The smallest absolute Gasteiger partial charge is 0.326 e. The van der Waals surface area contributed by atoms with Crippen molar-refractivity contribution in [2.75, 3.05) is 31.5 Å². The average Bonchev–Trinajstić information content (AvgIpc) is 3.66. The predicted molar refractivity (Wildman–Crippen MR) is 197 cm³/mol. The average molecular weight is 803 g/mol. The maximum Gasteiger partial charge on any atom is 0.333 e. The van der Waals surface area contributed by atoms with Gasteiger partial charge in [0.15, 0.2) is 11.6 Å². The quantitative estimate of drug-likeness (QED) is 0.115. The topological polar surface area (TPSA) is 159 Å². The number of halogens is 5. The fourth-order valence-corrected chi connectivity index (χ4v) is 7.74. The Kier molecular flexibility index (Phi) is 9.75. The van der Waals surface area contributed by atoms with Crippen LogP contribution in [0.5, 0.6) is 0 Å². The van der Waals surface area contributed by atoms with Crippen LogP contribution >= 0.6 is 0 Å². The second-order valence-electron chi connectivity index (χ2n) is 14.6. The van der Waals surface area contributed by atoms with Crippen LogP contribution in [0.15, 0.2) is 48.8 Å². The summed E-state index contributed by atoms with van der Waals surface area (Å²) in [7, 11) is 0. The van der Waals surface area contributed by atoms with Crippen molar-refractivity contribution in [2.24, 2.45) is 0 Å². The van der Waals surface area contributed by atoms with Crippen LogP contribution in [0.3, 0.4) is 0 Å². The first kappa shape index (κ1) is 38.7. The van der Waals surface area contributed by atoms with Gasteiger partial charge in [0.05, 0.1) is 28.4 Å². The molecule has 0 radical (unpaired) electrons. The van der Waals surface area contributed by atoms with E-state index in [-0.39, 0.29) is 91.3 Å². The minimum Gasteiger partial charge on any atom is -0.326 e. The number of piperazine rings is 1. The van der Waals surface area contributed by atoms with Crippen molar-refractivity contribution in [3.8, 4) is 11.3 Å². The molecule has 58 heavy (non-hydrogen) atoms. The maximum absolute atomic E-state index is 15.8. The summed E-state index contributed by atoms with van der Waals surface area (Å²) in [4.78, 5) is 70.1. The predicted octanol–water partition coefficient (Wildman–Crippen LogP) is 5.21. The molecule has 19 heteroatoms. The van der Waals surface area contributed by atoms with Gasteiger partial charge >= 0.3 is 6.05 Å². The lowest BCUT2D eigenvalue weighted by molar-refractivity contribution is -0.168. The molecular weight excluding hydrogens is 767 g/mol. The summed E-state index contributed by atoms with van der Waals surface area (Å²) in [5, 5.41) is 4.88. The van der Waals surface area contributed by atoms with Crippen LogP contribution < -0.4 is 10.6 Å². The largest absolute Gasteiger partial charge is 0.333 e. The van der Waals surface area contributed by atoms with Crippen LogP contribution in [0, 0.1) is 24.4 Å². The molecule has 0 aliphatic carbocycles. The van der Waals surface area contributed by atoms with Crippen LogP contribution in [0.4, 0.5) is 33.7 Å². The lowest BCUT2D eigenvalue weighted by atomic mass is 10.0. The number of carbonyl (C=O) groups is 4. The number of hydrogen-bond acceptors (Lipinski definition) is 11. The molecular formula is C39H35F5N10O4. The summed E-state index contributed by atoms with van der Waals surface area (Å²) >= 11 is 0. The molecule has 8 rings (SSSR count). The number of imidazole rings is 1. The summed E-state index contributed by atoms with van der Waals surface area (Å²) in [5.41, 5.74) is -0.390. The van der Waals surface area contributed by atoms with Gasteiger partial charge in [-0.2, -0.15) is 8.78 Å². The number of fused-ring (bicyclic) bond motifs is 2. The fourth-order valence-electron chi connectivity index (χ4n) is 7.74. The Labute approximate surface area is 327 Å². The van der Waals surface area contributed by atoms with Gasteiger partial charge in [-0.3, -0.25) is 34.3 Å². The molecule has 1 atom stereocenters. The molecule has 0 bridgehead atoms. The number of anilines is 2. The van der Waals surface area contributed by atoms with Gasteiger partial charge in [0.25, 0.3) is 11.8 Å². The van der Waals surface area contributed by atoms with E-state index in [1.165, 1.54) is 24.3 Å². The van der Waals surface area contributed by atoms with Crippen molar-refractivity contribution >= 4 is 46.4 Å². The zero-order valence-electron chi connectivity index (χ0n) is 31.3. The van der Waals surface area contributed by atoms with E-state index >= 15 is 22.0 Å². The lowest BCUT2D eigenvalue weighted by Crippen LogP contribution is -2.54. The lowest BCUT2D eigenvalue weighted by Gasteiger charge is -2.38. The van der Waals surface area contributed by atoms with Crippen molar-refractivity contribution < 1.29 is 41.1 Å². The van der Waals surface area contributed by atoms with Gasteiger partial charge in [-0.15, -0.1) is 0 Å². The van der Waals surface area contributed by atoms with E-state index in [4.69, 9.17) is 0 Å². The molecule has 3 aliphatic rings. The molecule has 2 saturated heterocycles. The molecule has 2 aromatic carbocycles. The van der Waals surface area contributed by atoms with Gasteiger partial charge in [0.1, 0.15) is 34.7 Å². The third-order valence-corrected chi connectivity index (χ3v) is 10.6. The number of carbonyl (C=O) groups excluding carboxylic acids is 4. The van der Waals surface area contributed by atoms with Crippen LogP contribution in [0.1, 0.15) is 70.4 Å². The normalized spacial score (nSPS) is 18.1. The Balaban J connectivity index is 0.912. The highest BCUT2D eigenvalue weighted by Crippen LogP contribution is 2.35. The van der Waals surface area contributed by atoms with E-state index in [0.717, 1.165) is 23.4 Å². The summed E-state index contributed by atoms with van der Waals surface area (Å²) in [6.45, 7) is 5.60. The number of amides is 4. The minimum absolute atomic E-state index is 0.0284. The number of pyridine rings is 1. The van der Waals surface area contributed by atoms with Crippen molar-refractivity contribution in [3.05, 3.63) is 94.3 Å². The number of benzene rings is 2. The Bertz CT molecular complexity index is 2520. The van der Waals surface area contributed by atoms with E-state index < -0.39 is 64.3 Å².